The molecule has 3 amide bonds. The second-order valence-corrected chi connectivity index (χ2v) is 6.59. The zero-order valence-electron chi connectivity index (χ0n) is 15.3. The Morgan fingerprint density at radius 3 is 2.28 bits per heavy atom. The Morgan fingerprint density at radius 2 is 1.69 bits per heavy atom. The van der Waals surface area contributed by atoms with Crippen LogP contribution in [0.3, 0.4) is 0 Å². The van der Waals surface area contributed by atoms with Crippen molar-refractivity contribution in [2.75, 3.05) is 17.2 Å². The molecule has 5 N–H and O–H groups in total. The van der Waals surface area contributed by atoms with E-state index < -0.39 is 22.6 Å². The van der Waals surface area contributed by atoms with Gasteiger partial charge in [-0.1, -0.05) is 0 Å². The molecule has 0 unspecified atom stereocenters. The van der Waals surface area contributed by atoms with Crippen LogP contribution in [0.5, 0.6) is 0 Å². The number of nitrogens with zero attached hydrogens (tertiary/aromatic N) is 1. The Balaban J connectivity index is 1.68. The third kappa shape index (κ3) is 5.28. The highest BCUT2D eigenvalue weighted by atomic mass is 16.6. The van der Waals surface area contributed by atoms with Crippen LogP contribution < -0.4 is 21.7 Å². The number of hydrogen-bond acceptors (Lipinski definition) is 6. The molecule has 0 radical (unpaired) electrons. The number of nitrogens with two attached hydrogens (primary N) is 1. The molecule has 0 atom stereocenters. The number of primary amides is 1. The van der Waals surface area contributed by atoms with Crippen LogP contribution in [0, 0.1) is 10.1 Å². The number of benzene rings is 2. The maximum absolute atomic E-state index is 12.4. The summed E-state index contributed by atoms with van der Waals surface area (Å²) in [5, 5.41) is 19.4. The number of amides is 3. The first-order valence-electron chi connectivity index (χ1n) is 8.86. The highest BCUT2D eigenvalue weighted by Crippen LogP contribution is 2.31. The van der Waals surface area contributed by atoms with Gasteiger partial charge in [-0.25, -0.2) is 0 Å². The monoisotopic (exact) mass is 397 g/mol. The molecule has 0 aliphatic heterocycles. The van der Waals surface area contributed by atoms with Crippen molar-refractivity contribution >= 4 is 34.8 Å². The smallest absolute Gasteiger partial charge is 0.293 e. The maximum Gasteiger partial charge on any atom is 0.293 e. The number of anilines is 2. The molecular weight excluding hydrogens is 378 g/mol. The van der Waals surface area contributed by atoms with Gasteiger partial charge >= 0.3 is 0 Å². The van der Waals surface area contributed by atoms with Gasteiger partial charge in [0, 0.05) is 28.9 Å². The first-order valence-corrected chi connectivity index (χ1v) is 8.86. The molecular formula is C19H19N5O5. The van der Waals surface area contributed by atoms with Gasteiger partial charge in [-0.05, 0) is 49.2 Å². The minimum atomic E-state index is -0.658. The number of hydrogen-bond donors (Lipinski definition) is 4. The Bertz CT molecular complexity index is 969. The lowest BCUT2D eigenvalue weighted by atomic mass is 10.1. The van der Waals surface area contributed by atoms with Crippen molar-refractivity contribution in [1.29, 1.82) is 0 Å². The van der Waals surface area contributed by atoms with Crippen LogP contribution in [0.2, 0.25) is 0 Å². The molecule has 2 aromatic carbocycles. The first-order chi connectivity index (χ1) is 13.8. The lowest BCUT2D eigenvalue weighted by molar-refractivity contribution is -0.384. The van der Waals surface area contributed by atoms with E-state index >= 15 is 0 Å². The summed E-state index contributed by atoms with van der Waals surface area (Å²) in [4.78, 5) is 45.8. The van der Waals surface area contributed by atoms with E-state index in [1.165, 1.54) is 42.5 Å². The Morgan fingerprint density at radius 1 is 1.03 bits per heavy atom. The Kier molecular flexibility index (Phi) is 5.72. The summed E-state index contributed by atoms with van der Waals surface area (Å²) in [7, 11) is 0. The lowest BCUT2D eigenvalue weighted by Crippen LogP contribution is -2.33. The molecule has 2 aromatic rings. The third-order valence-corrected chi connectivity index (χ3v) is 4.22. The molecule has 0 bridgehead atoms. The highest BCUT2D eigenvalue weighted by Gasteiger charge is 2.25. The minimum Gasteiger partial charge on any atom is -0.377 e. The van der Waals surface area contributed by atoms with Crippen LogP contribution in [-0.4, -0.2) is 35.2 Å². The largest absolute Gasteiger partial charge is 0.377 e. The lowest BCUT2D eigenvalue weighted by Gasteiger charge is -2.09. The van der Waals surface area contributed by atoms with Gasteiger partial charge in [0.15, 0.2) is 0 Å². The van der Waals surface area contributed by atoms with Crippen LogP contribution in [0.25, 0.3) is 0 Å². The number of carbonyl (C=O) groups excluding carboxylic acids is 3. The van der Waals surface area contributed by atoms with Gasteiger partial charge in [-0.15, -0.1) is 0 Å². The topological polar surface area (TPSA) is 156 Å². The van der Waals surface area contributed by atoms with E-state index in [-0.39, 0.29) is 29.4 Å². The molecule has 1 fully saturated rings. The average Bonchev–Trinajstić information content (AvgIpc) is 3.50. The second-order valence-electron chi connectivity index (χ2n) is 6.59. The van der Waals surface area contributed by atoms with Crippen LogP contribution in [0.1, 0.15) is 33.6 Å². The first kappa shape index (κ1) is 19.8. The second kappa shape index (κ2) is 8.38. The van der Waals surface area contributed by atoms with Crippen molar-refractivity contribution in [2.24, 2.45) is 5.73 Å². The van der Waals surface area contributed by atoms with Crippen LogP contribution in [0.15, 0.2) is 42.5 Å². The number of nitro groups is 1. The number of rotatable bonds is 8. The van der Waals surface area contributed by atoms with Crippen LogP contribution in [0.4, 0.5) is 17.1 Å². The van der Waals surface area contributed by atoms with E-state index in [1.807, 2.05) is 0 Å². The molecule has 0 saturated heterocycles. The molecule has 1 saturated carbocycles. The Hall–Kier alpha value is -3.95. The fraction of sp³-hybridized carbons (Fsp3) is 0.211. The molecule has 10 heteroatoms. The fourth-order valence-corrected chi connectivity index (χ4v) is 2.57. The zero-order valence-corrected chi connectivity index (χ0v) is 15.3. The maximum atomic E-state index is 12.4. The molecule has 3 rings (SSSR count). The van der Waals surface area contributed by atoms with Crippen molar-refractivity contribution in [3.05, 3.63) is 63.7 Å². The van der Waals surface area contributed by atoms with Gasteiger partial charge in [0.05, 0.1) is 11.5 Å². The van der Waals surface area contributed by atoms with Crippen LogP contribution >= 0.6 is 0 Å². The van der Waals surface area contributed by atoms with Crippen molar-refractivity contribution in [2.45, 2.75) is 18.9 Å². The molecule has 0 spiro atoms. The van der Waals surface area contributed by atoms with Gasteiger partial charge < -0.3 is 21.7 Å². The predicted octanol–water partition coefficient (Wildman–Crippen LogP) is 1.64. The summed E-state index contributed by atoms with van der Waals surface area (Å²) < 4.78 is 0. The summed E-state index contributed by atoms with van der Waals surface area (Å²) in [6, 6.07) is 10.5. The van der Waals surface area contributed by atoms with E-state index in [0.29, 0.717) is 11.4 Å². The average molecular weight is 397 g/mol. The summed E-state index contributed by atoms with van der Waals surface area (Å²) in [6.45, 7) is -0.276. The predicted molar refractivity (Wildman–Crippen MR) is 106 cm³/mol. The van der Waals surface area contributed by atoms with Crippen molar-refractivity contribution in [3.63, 3.8) is 0 Å². The van der Waals surface area contributed by atoms with E-state index in [4.69, 9.17) is 5.73 Å². The number of nitrogens with one attached hydrogen (secondary N) is 3. The Labute approximate surface area is 165 Å². The summed E-state index contributed by atoms with van der Waals surface area (Å²) in [5.41, 5.74) is 6.03. The highest BCUT2D eigenvalue weighted by molar-refractivity contribution is 6.05. The van der Waals surface area contributed by atoms with E-state index in [1.54, 1.807) is 0 Å². The van der Waals surface area contributed by atoms with Gasteiger partial charge in [-0.2, -0.15) is 0 Å². The van der Waals surface area contributed by atoms with E-state index in [2.05, 4.69) is 16.0 Å². The summed E-state index contributed by atoms with van der Waals surface area (Å²) in [6.07, 6.45) is 1.94. The molecule has 10 nitrogen and oxygen atoms in total. The number of nitro benzene ring substituents is 1. The molecule has 150 valence electrons. The van der Waals surface area contributed by atoms with Gasteiger partial charge in [0.25, 0.3) is 17.5 Å². The number of carbonyl (C=O) groups is 3. The van der Waals surface area contributed by atoms with E-state index in [9.17, 15) is 24.5 Å². The van der Waals surface area contributed by atoms with Crippen molar-refractivity contribution in [3.8, 4) is 0 Å². The van der Waals surface area contributed by atoms with E-state index in [0.717, 1.165) is 12.8 Å². The molecule has 1 aliphatic rings. The standard InChI is InChI=1S/C19H19N5O5/c20-17(25)10-21-18(26)11-1-4-14(5-2-11)23-19(27)12-3-8-15(22-13-6-7-13)16(9-12)24(28)29/h1-5,8-9,13,22H,6-7,10H2,(H2,20,25)(H,21,26)(H,23,27). The SMILES string of the molecule is NC(=O)CNC(=O)c1ccc(NC(=O)c2ccc(NC3CC3)c([N+](=O)[O-])c2)cc1. The van der Waals surface area contributed by atoms with Crippen molar-refractivity contribution < 1.29 is 19.3 Å². The zero-order chi connectivity index (χ0) is 21.0. The van der Waals surface area contributed by atoms with Crippen LogP contribution in [-0.2, 0) is 4.79 Å². The molecule has 0 heterocycles. The molecule has 1 aliphatic carbocycles. The van der Waals surface area contributed by atoms with Gasteiger partial charge in [0.1, 0.15) is 5.69 Å². The third-order valence-electron chi connectivity index (χ3n) is 4.22. The molecule has 29 heavy (non-hydrogen) atoms. The quantitative estimate of drug-likeness (QED) is 0.392. The van der Waals surface area contributed by atoms with Gasteiger partial charge in [0.2, 0.25) is 5.91 Å². The van der Waals surface area contributed by atoms with Crippen molar-refractivity contribution in [1.82, 2.24) is 5.32 Å². The summed E-state index contributed by atoms with van der Waals surface area (Å²) in [5.74, 6) is -1.65. The normalized spacial score (nSPS) is 12.7. The fourth-order valence-electron chi connectivity index (χ4n) is 2.57. The molecule has 0 aromatic heterocycles. The summed E-state index contributed by atoms with van der Waals surface area (Å²) >= 11 is 0. The minimum absolute atomic E-state index is 0.140. The van der Waals surface area contributed by atoms with Gasteiger partial charge in [-0.3, -0.25) is 24.5 Å².